The fourth-order valence-electron chi connectivity index (χ4n) is 6.53. The summed E-state index contributed by atoms with van der Waals surface area (Å²) in [6, 6.07) is 6.34. The summed E-state index contributed by atoms with van der Waals surface area (Å²) in [7, 11) is -4.06. The number of alkyl halides is 17. The van der Waals surface area contributed by atoms with Crippen LogP contribution in [0.5, 0.6) is 5.75 Å². The number of anilines is 1. The molecule has 386 valence electrons. The van der Waals surface area contributed by atoms with E-state index in [-0.39, 0.29) is 12.2 Å². The molecule has 8 nitrogen and oxygen atoms in total. The van der Waals surface area contributed by atoms with Crippen molar-refractivity contribution >= 4 is 26.0 Å². The molecular formula is C40H43F19N2O6Si. The summed E-state index contributed by atoms with van der Waals surface area (Å²) >= 11 is 0. The molecule has 0 aliphatic carbocycles. The summed E-state index contributed by atoms with van der Waals surface area (Å²) < 4.78 is 280. The van der Waals surface area contributed by atoms with Gasteiger partial charge in [-0.25, -0.2) is 19.1 Å². The molecule has 0 saturated heterocycles. The van der Waals surface area contributed by atoms with Gasteiger partial charge in [0.15, 0.2) is 8.32 Å². The van der Waals surface area contributed by atoms with Crippen LogP contribution >= 0.6 is 0 Å². The fraction of sp³-hybridized carbons (Fsp3) is 0.550. The Hall–Kier alpha value is -4.73. The average Bonchev–Trinajstić information content (AvgIpc) is 3.22. The van der Waals surface area contributed by atoms with Gasteiger partial charge in [0.2, 0.25) is 0 Å². The van der Waals surface area contributed by atoms with Crippen molar-refractivity contribution in [2.75, 3.05) is 18.5 Å². The molecule has 2 amide bonds. The van der Waals surface area contributed by atoms with Gasteiger partial charge in [-0.05, 0) is 53.4 Å². The summed E-state index contributed by atoms with van der Waals surface area (Å²) in [5.74, 6) is -60.5. The topological polar surface area (TPSA) is 106 Å². The van der Waals surface area contributed by atoms with Crippen LogP contribution in [0.15, 0.2) is 66.8 Å². The van der Waals surface area contributed by atoms with Gasteiger partial charge in [-0.2, -0.15) is 74.6 Å². The van der Waals surface area contributed by atoms with Crippen LogP contribution in [-0.2, 0) is 14.0 Å². The van der Waals surface area contributed by atoms with Crippen LogP contribution in [0, 0.1) is 17.6 Å². The van der Waals surface area contributed by atoms with Crippen molar-refractivity contribution in [3.05, 3.63) is 84.0 Å². The Morgan fingerprint density at radius 1 is 0.691 bits per heavy atom. The third-order valence-electron chi connectivity index (χ3n) is 10.5. The molecule has 0 spiro atoms. The highest BCUT2D eigenvalue weighted by atomic mass is 28.4. The van der Waals surface area contributed by atoms with Crippen LogP contribution < -0.4 is 15.5 Å². The lowest BCUT2D eigenvalue weighted by molar-refractivity contribution is -0.461. The lowest BCUT2D eigenvalue weighted by atomic mass is 9.88. The van der Waals surface area contributed by atoms with E-state index in [4.69, 9.17) is 19.1 Å². The van der Waals surface area contributed by atoms with E-state index in [0.29, 0.717) is 11.6 Å². The quantitative estimate of drug-likeness (QED) is 0.0184. The van der Waals surface area contributed by atoms with E-state index in [1.807, 2.05) is 0 Å². The van der Waals surface area contributed by atoms with E-state index in [9.17, 15) is 84.2 Å². The molecule has 2 rings (SSSR count). The van der Waals surface area contributed by atoms with Crippen LogP contribution in [0.4, 0.5) is 93.9 Å². The van der Waals surface area contributed by atoms with E-state index >= 15 is 8.78 Å². The third kappa shape index (κ3) is 12.3. The second-order valence-electron chi connectivity index (χ2n) is 15.7. The first-order valence-electron chi connectivity index (χ1n) is 19.6. The summed E-state index contributed by atoms with van der Waals surface area (Å²) in [6.07, 6.45) is -7.35. The van der Waals surface area contributed by atoms with Gasteiger partial charge >= 0.3 is 53.7 Å². The number of nitrogens with one attached hydrogen (secondary N) is 2. The second kappa shape index (κ2) is 21.9. The first kappa shape index (κ1) is 59.4. The molecule has 0 bridgehead atoms. The maximum absolute atomic E-state index is 15.0. The predicted octanol–water partition coefficient (Wildman–Crippen LogP) is 13.5. The predicted molar refractivity (Wildman–Crippen MR) is 205 cm³/mol. The van der Waals surface area contributed by atoms with Crippen molar-refractivity contribution in [2.45, 2.75) is 118 Å². The van der Waals surface area contributed by atoms with Crippen molar-refractivity contribution in [3.63, 3.8) is 0 Å². The molecule has 2 aromatic carbocycles. The monoisotopic (exact) mass is 1040 g/mol. The van der Waals surface area contributed by atoms with E-state index in [2.05, 4.69) is 5.32 Å². The Bertz CT molecular complexity index is 2060. The van der Waals surface area contributed by atoms with E-state index in [1.54, 1.807) is 13.0 Å². The molecule has 2 atom stereocenters. The van der Waals surface area contributed by atoms with Gasteiger partial charge in [-0.1, -0.05) is 65.0 Å². The maximum Gasteiger partial charge on any atom is 0.460 e. The molecule has 0 aliphatic heterocycles. The highest BCUT2D eigenvalue weighted by Crippen LogP contribution is 2.64. The number of benzene rings is 2. The molecular weight excluding hydrogens is 993 g/mol. The SMILES string of the molecule is CC(C)[Si](CCC(F)(F)C(F)(F)C(F)(F)C(F)(F)C(F)(F)C(F)(F)C(F)(F)C(F)(F)F)(OCCOc1ccc([C@@H](OC(=O)Nc2ccc(F)cc2F)[C@H](C)C/C=C/C=C/C(=O)NO)cc1)C(C)C. The van der Waals surface area contributed by atoms with Crippen molar-refractivity contribution in [3.8, 4) is 5.75 Å². The van der Waals surface area contributed by atoms with E-state index in [1.165, 1.54) is 69.6 Å². The van der Waals surface area contributed by atoms with Gasteiger partial charge in [0, 0.05) is 24.5 Å². The first-order chi connectivity index (χ1) is 30.8. The molecule has 0 unspecified atom stereocenters. The zero-order valence-electron chi connectivity index (χ0n) is 35.9. The number of carbonyl (C=O) groups is 2. The van der Waals surface area contributed by atoms with Crippen LogP contribution in [0.2, 0.25) is 17.1 Å². The van der Waals surface area contributed by atoms with Gasteiger partial charge in [0.25, 0.3) is 5.91 Å². The Kier molecular flexibility index (Phi) is 19.1. The number of rotatable bonds is 24. The normalized spacial score (nSPS) is 15.0. The lowest BCUT2D eigenvalue weighted by Gasteiger charge is -2.44. The number of carbonyl (C=O) groups excluding carboxylic acids is 2. The molecule has 0 aromatic heterocycles. The number of amides is 2. The summed E-state index contributed by atoms with van der Waals surface area (Å²) in [5.41, 5.74) is -0.619. The number of hydrogen-bond donors (Lipinski definition) is 3. The Morgan fingerprint density at radius 3 is 1.69 bits per heavy atom. The Labute approximate surface area is 375 Å². The van der Waals surface area contributed by atoms with Crippen LogP contribution in [0.25, 0.3) is 0 Å². The standard InChI is InChI=1S/C40H43F19N2O6Si/c1-22(2)68(23(3)4,20-17-33(43,44)34(45,46)35(47,48)36(49,50)37(51,52)38(53,54)39(55,56)40(57,58)59)66-19-18-65-27-14-11-25(12-15-27)31(24(5)9-7-6-8-10-30(62)61-64)67-32(63)60-29-16-13-26(41)21-28(29)42/h6-8,10-16,21-24,31,64H,9,17-20H2,1-5H3,(H,60,63)(H,61,62)/b7-6+,10-8+/t24-,31+/m1/s1. The van der Waals surface area contributed by atoms with Gasteiger partial charge in [-0.15, -0.1) is 0 Å². The molecule has 0 heterocycles. The first-order valence-corrected chi connectivity index (χ1v) is 21.9. The number of ether oxygens (including phenoxy) is 2. The Morgan fingerprint density at radius 2 is 1.21 bits per heavy atom. The van der Waals surface area contributed by atoms with Crippen molar-refractivity contribution in [2.24, 2.45) is 5.92 Å². The van der Waals surface area contributed by atoms with Gasteiger partial charge in [0.1, 0.15) is 30.1 Å². The number of hydrogen-bond acceptors (Lipinski definition) is 6. The molecule has 0 radical (unpaired) electrons. The number of halogens is 19. The maximum atomic E-state index is 15.0. The third-order valence-corrected chi connectivity index (χ3v) is 16.2. The van der Waals surface area contributed by atoms with Crippen LogP contribution in [0.3, 0.4) is 0 Å². The molecule has 28 heteroatoms. The number of allylic oxidation sites excluding steroid dienone is 3. The summed E-state index contributed by atoms with van der Waals surface area (Å²) in [5, 5.41) is 10.7. The van der Waals surface area contributed by atoms with Crippen LogP contribution in [0.1, 0.15) is 59.1 Å². The van der Waals surface area contributed by atoms with Crippen molar-refractivity contribution in [1.29, 1.82) is 0 Å². The minimum Gasteiger partial charge on any atom is -0.491 e. The van der Waals surface area contributed by atoms with Gasteiger partial charge in [0.05, 0.1) is 12.3 Å². The van der Waals surface area contributed by atoms with E-state index in [0.717, 1.165) is 18.2 Å². The highest BCUT2D eigenvalue weighted by Gasteiger charge is 2.95. The molecule has 0 saturated carbocycles. The zero-order valence-corrected chi connectivity index (χ0v) is 36.9. The zero-order chi connectivity index (χ0) is 52.7. The number of hydroxylamine groups is 1. The van der Waals surface area contributed by atoms with Crippen LogP contribution in [-0.4, -0.2) is 86.4 Å². The minimum atomic E-state index is -8.72. The molecule has 68 heavy (non-hydrogen) atoms. The summed E-state index contributed by atoms with van der Waals surface area (Å²) in [4.78, 5) is 24.0. The van der Waals surface area contributed by atoms with Gasteiger partial charge < -0.3 is 13.9 Å². The molecule has 0 fully saturated rings. The van der Waals surface area contributed by atoms with Gasteiger partial charge in [-0.3, -0.25) is 15.3 Å². The molecule has 2 aromatic rings. The summed E-state index contributed by atoms with van der Waals surface area (Å²) in [6.45, 7) is 5.69. The minimum absolute atomic E-state index is 0.0415. The highest BCUT2D eigenvalue weighted by molar-refractivity contribution is 6.76. The van der Waals surface area contributed by atoms with Crippen molar-refractivity contribution in [1.82, 2.24) is 5.48 Å². The average molecular weight is 1040 g/mol. The lowest BCUT2D eigenvalue weighted by Crippen LogP contribution is -2.74. The fourth-order valence-corrected chi connectivity index (χ4v) is 11.0. The van der Waals surface area contributed by atoms with E-state index < -0.39 is 134 Å². The van der Waals surface area contributed by atoms with Crippen molar-refractivity contribution < 1.29 is 112 Å². The Balaban J connectivity index is 2.31. The molecule has 0 aliphatic rings. The molecule has 3 N–H and O–H groups in total. The largest absolute Gasteiger partial charge is 0.491 e. The smallest absolute Gasteiger partial charge is 0.460 e. The second-order valence-corrected chi connectivity index (χ2v) is 20.7.